The van der Waals surface area contributed by atoms with Gasteiger partial charge in [-0.15, -0.1) is 0 Å². The number of carbonyl (C=O) groups is 3. The van der Waals surface area contributed by atoms with E-state index in [-0.39, 0.29) is 29.5 Å². The van der Waals surface area contributed by atoms with E-state index in [1.54, 1.807) is 30.6 Å². The summed E-state index contributed by atoms with van der Waals surface area (Å²) in [6, 6.07) is 31.7. The lowest BCUT2D eigenvalue weighted by Crippen LogP contribution is -2.40. The number of pyridine rings is 2. The molecule has 5 aromatic rings. The van der Waals surface area contributed by atoms with Gasteiger partial charge in [0, 0.05) is 57.3 Å². The third-order valence-corrected chi connectivity index (χ3v) is 11.9. The van der Waals surface area contributed by atoms with E-state index < -0.39 is 5.97 Å². The van der Waals surface area contributed by atoms with Crippen LogP contribution in [0.3, 0.4) is 0 Å². The Kier molecular flexibility index (Phi) is 13.9. The number of rotatable bonds is 10. The summed E-state index contributed by atoms with van der Waals surface area (Å²) in [4.78, 5) is 52.4. The summed E-state index contributed by atoms with van der Waals surface area (Å²) < 4.78 is 5.49. The summed E-state index contributed by atoms with van der Waals surface area (Å²) in [7, 11) is 0. The van der Waals surface area contributed by atoms with Gasteiger partial charge in [0.05, 0.1) is 5.92 Å². The van der Waals surface area contributed by atoms with Crippen molar-refractivity contribution in [2.45, 2.75) is 69.1 Å². The van der Waals surface area contributed by atoms with E-state index >= 15 is 0 Å². The molecule has 2 saturated heterocycles. The molecular formula is C46H52N8O6. The molecule has 2 aliphatic heterocycles. The van der Waals surface area contributed by atoms with Crippen molar-refractivity contribution >= 4 is 23.6 Å². The molecule has 4 aliphatic rings. The van der Waals surface area contributed by atoms with Crippen LogP contribution in [0.25, 0.3) is 11.5 Å². The molecule has 2 saturated carbocycles. The van der Waals surface area contributed by atoms with Crippen molar-refractivity contribution in [2.75, 3.05) is 26.2 Å². The van der Waals surface area contributed by atoms with Crippen LogP contribution in [-0.2, 0) is 14.4 Å². The van der Waals surface area contributed by atoms with Crippen molar-refractivity contribution < 1.29 is 29.2 Å². The molecule has 2 aliphatic carbocycles. The van der Waals surface area contributed by atoms with Crippen LogP contribution in [0.15, 0.2) is 119 Å². The third kappa shape index (κ3) is 11.2. The first kappa shape index (κ1) is 41.7. The lowest BCUT2D eigenvalue weighted by atomic mass is 9.96. The van der Waals surface area contributed by atoms with Crippen molar-refractivity contribution in [3.8, 4) is 11.5 Å². The zero-order chi connectivity index (χ0) is 41.8. The molecular weight excluding hydrogens is 761 g/mol. The molecule has 0 bridgehead atoms. The summed E-state index contributed by atoms with van der Waals surface area (Å²) in [6.45, 7) is 2.71. The van der Waals surface area contributed by atoms with E-state index in [2.05, 4.69) is 61.7 Å². The van der Waals surface area contributed by atoms with Gasteiger partial charge in [0.15, 0.2) is 5.84 Å². The number of hydrogen-bond acceptors (Lipinski definition) is 10. The summed E-state index contributed by atoms with van der Waals surface area (Å²) in [5.41, 5.74) is 9.12. The number of aliphatic carboxylic acids is 1. The first-order valence-electron chi connectivity index (χ1n) is 20.8. The van der Waals surface area contributed by atoms with Crippen LogP contribution in [-0.4, -0.2) is 90.0 Å². The number of benzene rings is 2. The monoisotopic (exact) mass is 812 g/mol. The Morgan fingerprint density at radius 3 is 1.70 bits per heavy atom. The summed E-state index contributed by atoms with van der Waals surface area (Å²) in [6.07, 6.45) is 9.70. The molecule has 2 amide bonds. The van der Waals surface area contributed by atoms with Crippen molar-refractivity contribution in [1.29, 1.82) is 0 Å². The van der Waals surface area contributed by atoms with Gasteiger partial charge in [-0.05, 0) is 97.6 Å². The SMILES string of the molecule is N/C(=N\O)c1ccccn1.O=C(CC1CC1c1ccccc1)N1CCC(c2nc(-c3ccccn3)no2)CC1.O=C(O)C1CCN(C(=O)CC2CC2c2ccccc2)CC1. The van der Waals surface area contributed by atoms with Gasteiger partial charge in [0.1, 0.15) is 11.4 Å². The minimum Gasteiger partial charge on any atom is -0.481 e. The van der Waals surface area contributed by atoms with Gasteiger partial charge in [0.25, 0.3) is 0 Å². The number of aromatic nitrogens is 4. The van der Waals surface area contributed by atoms with E-state index in [1.807, 2.05) is 52.3 Å². The number of likely N-dealkylation sites (tertiary alicyclic amines) is 2. The highest BCUT2D eigenvalue weighted by molar-refractivity contribution is 5.95. The second-order valence-electron chi connectivity index (χ2n) is 16.0. The molecule has 5 heterocycles. The summed E-state index contributed by atoms with van der Waals surface area (Å²) in [5, 5.41) is 24.0. The average molecular weight is 813 g/mol. The maximum absolute atomic E-state index is 12.7. The van der Waals surface area contributed by atoms with Crippen LogP contribution in [0.1, 0.15) is 91.8 Å². The first-order valence-corrected chi connectivity index (χ1v) is 20.8. The van der Waals surface area contributed by atoms with E-state index in [0.29, 0.717) is 85.5 Å². The van der Waals surface area contributed by atoms with Crippen molar-refractivity contribution in [3.05, 3.63) is 132 Å². The van der Waals surface area contributed by atoms with Crippen LogP contribution in [0.4, 0.5) is 0 Å². The summed E-state index contributed by atoms with van der Waals surface area (Å²) >= 11 is 0. The molecule has 14 nitrogen and oxygen atoms in total. The minimum atomic E-state index is -0.728. The predicted octanol–water partition coefficient (Wildman–Crippen LogP) is 6.71. The zero-order valence-electron chi connectivity index (χ0n) is 33.6. The highest BCUT2D eigenvalue weighted by Crippen LogP contribution is 2.50. The van der Waals surface area contributed by atoms with Crippen molar-refractivity contribution in [3.63, 3.8) is 0 Å². The van der Waals surface area contributed by atoms with Crippen LogP contribution in [0, 0.1) is 17.8 Å². The Morgan fingerprint density at radius 2 is 1.22 bits per heavy atom. The molecule has 0 radical (unpaired) electrons. The molecule has 14 heteroatoms. The van der Waals surface area contributed by atoms with Crippen LogP contribution in [0.5, 0.6) is 0 Å². The fourth-order valence-corrected chi connectivity index (χ4v) is 8.19. The normalized spacial score (nSPS) is 21.4. The van der Waals surface area contributed by atoms with Gasteiger partial charge in [0.2, 0.25) is 23.5 Å². The average Bonchev–Trinajstić information content (AvgIpc) is 4.21. The standard InChI is InChI=1S/C23H24N4O2.C17H21NO3.C6H7N3O/c28-21(15-18-14-19(18)16-6-2-1-3-7-16)27-12-9-17(10-13-27)23-25-22(26-29-23)20-8-4-5-11-24-20;19-16(18-8-6-13(7-9-18)17(20)21)11-14-10-15(14)12-4-2-1-3-5-12;7-6(9-10)5-3-1-2-4-8-5/h1-8,11,17-19H,9-10,12-15H2;1-5,13-15H,6-11H2,(H,20,21);1-4,10H,(H2,7,9). The predicted molar refractivity (Wildman–Crippen MR) is 224 cm³/mol. The molecule has 0 spiro atoms. The Labute approximate surface area is 349 Å². The molecule has 2 aromatic carbocycles. The van der Waals surface area contributed by atoms with E-state index in [1.165, 1.54) is 11.1 Å². The molecule has 312 valence electrons. The molecule has 4 atom stereocenters. The number of amides is 2. The highest BCUT2D eigenvalue weighted by atomic mass is 16.5. The highest BCUT2D eigenvalue weighted by Gasteiger charge is 2.42. The van der Waals surface area contributed by atoms with E-state index in [4.69, 9.17) is 20.6 Å². The van der Waals surface area contributed by atoms with Crippen molar-refractivity contribution in [1.82, 2.24) is 29.9 Å². The van der Waals surface area contributed by atoms with Crippen LogP contribution < -0.4 is 5.73 Å². The Bertz CT molecular complexity index is 2170. The fraction of sp³-hybridized carbons (Fsp3) is 0.391. The smallest absolute Gasteiger partial charge is 0.306 e. The van der Waals surface area contributed by atoms with Gasteiger partial charge in [-0.2, -0.15) is 4.98 Å². The molecule has 4 unspecified atom stereocenters. The molecule has 3 aromatic heterocycles. The second kappa shape index (κ2) is 20.0. The van der Waals surface area contributed by atoms with Gasteiger partial charge < -0.3 is 30.4 Å². The zero-order valence-corrected chi connectivity index (χ0v) is 33.6. The summed E-state index contributed by atoms with van der Waals surface area (Å²) in [5.74, 6) is 2.96. The molecule has 4 N–H and O–H groups in total. The Balaban J connectivity index is 0.000000153. The van der Waals surface area contributed by atoms with Gasteiger partial charge >= 0.3 is 5.97 Å². The number of piperidine rings is 2. The lowest BCUT2D eigenvalue weighted by molar-refractivity contribution is -0.145. The number of oxime groups is 1. The number of amidine groups is 1. The quantitative estimate of drug-likeness (QED) is 0.0586. The molecule has 4 fully saturated rings. The maximum Gasteiger partial charge on any atom is 0.306 e. The number of carboxylic acid groups (broad SMARTS) is 1. The topological polar surface area (TPSA) is 201 Å². The largest absolute Gasteiger partial charge is 0.481 e. The third-order valence-electron chi connectivity index (χ3n) is 11.9. The first-order chi connectivity index (χ1) is 29.3. The fourth-order valence-electron chi connectivity index (χ4n) is 8.19. The number of nitrogens with two attached hydrogens (primary N) is 1. The van der Waals surface area contributed by atoms with E-state index in [9.17, 15) is 14.4 Å². The molecule has 9 rings (SSSR count). The van der Waals surface area contributed by atoms with Crippen LogP contribution in [0.2, 0.25) is 0 Å². The van der Waals surface area contributed by atoms with Gasteiger partial charge in [-0.3, -0.25) is 24.4 Å². The maximum atomic E-state index is 12.7. The van der Waals surface area contributed by atoms with Gasteiger partial charge in [-0.25, -0.2) is 0 Å². The Morgan fingerprint density at radius 1 is 0.700 bits per heavy atom. The Hall–Kier alpha value is -6.44. The van der Waals surface area contributed by atoms with Crippen molar-refractivity contribution in [2.24, 2.45) is 28.6 Å². The number of carbonyl (C=O) groups excluding carboxylic acids is 2. The molecule has 60 heavy (non-hydrogen) atoms. The number of hydrogen-bond donors (Lipinski definition) is 3. The second-order valence-corrected chi connectivity index (χ2v) is 16.0. The lowest BCUT2D eigenvalue weighted by Gasteiger charge is -2.30. The number of carboxylic acids is 1. The van der Waals surface area contributed by atoms with Crippen LogP contribution >= 0.6 is 0 Å². The van der Waals surface area contributed by atoms with Gasteiger partial charge in [-0.1, -0.05) is 83.1 Å². The number of nitrogens with zero attached hydrogens (tertiary/aromatic N) is 7. The van der Waals surface area contributed by atoms with E-state index in [0.717, 1.165) is 38.8 Å². The minimum absolute atomic E-state index is 0.0283.